The highest BCUT2D eigenvalue weighted by atomic mass is 32.2. The molecule has 6 heteroatoms. The van der Waals surface area contributed by atoms with Crippen LogP contribution in [0.2, 0.25) is 0 Å². The van der Waals surface area contributed by atoms with E-state index >= 15 is 0 Å². The number of likely N-dealkylation sites (tertiary alicyclic amines) is 1. The van der Waals surface area contributed by atoms with Crippen molar-refractivity contribution >= 4 is 10.1 Å². The van der Waals surface area contributed by atoms with Gasteiger partial charge in [0.15, 0.2) is 0 Å². The SMILES string of the molecule is Cc1ccc(S(=O)(=O)OC2CCN(C(C)(C)C)CC2F)cc1. The first kappa shape index (κ1) is 17.4. The summed E-state index contributed by atoms with van der Waals surface area (Å²) in [6.45, 7) is 8.74. The minimum absolute atomic E-state index is 0.0727. The van der Waals surface area contributed by atoms with E-state index in [1.54, 1.807) is 12.1 Å². The molecule has 1 aromatic carbocycles. The Bertz CT molecular complexity index is 607. The van der Waals surface area contributed by atoms with Crippen molar-refractivity contribution in [3.63, 3.8) is 0 Å². The van der Waals surface area contributed by atoms with Crippen LogP contribution in [0.4, 0.5) is 4.39 Å². The minimum Gasteiger partial charge on any atom is -0.295 e. The predicted molar refractivity (Wildman–Crippen MR) is 84.1 cm³/mol. The molecule has 2 unspecified atom stereocenters. The summed E-state index contributed by atoms with van der Waals surface area (Å²) in [5, 5.41) is 0. The van der Waals surface area contributed by atoms with Gasteiger partial charge in [-0.25, -0.2) is 4.39 Å². The molecule has 2 atom stereocenters. The molecule has 1 fully saturated rings. The third-order valence-electron chi connectivity index (χ3n) is 3.99. The van der Waals surface area contributed by atoms with Gasteiger partial charge in [-0.15, -0.1) is 0 Å². The lowest BCUT2D eigenvalue weighted by molar-refractivity contribution is -0.00887. The van der Waals surface area contributed by atoms with Crippen LogP contribution in [0, 0.1) is 6.92 Å². The summed E-state index contributed by atoms with van der Waals surface area (Å²) in [7, 11) is -3.92. The smallest absolute Gasteiger partial charge is 0.295 e. The van der Waals surface area contributed by atoms with Crippen molar-refractivity contribution in [2.24, 2.45) is 0 Å². The summed E-state index contributed by atoms with van der Waals surface area (Å²) in [6, 6.07) is 6.38. The number of piperidine rings is 1. The highest BCUT2D eigenvalue weighted by Gasteiger charge is 2.37. The molecule has 22 heavy (non-hydrogen) atoms. The second-order valence-electron chi connectivity index (χ2n) is 6.82. The summed E-state index contributed by atoms with van der Waals surface area (Å²) >= 11 is 0. The Kier molecular flexibility index (Phi) is 4.94. The molecule has 1 saturated heterocycles. The second-order valence-corrected chi connectivity index (χ2v) is 8.40. The molecule has 0 bridgehead atoms. The number of rotatable bonds is 3. The molecule has 0 radical (unpaired) electrons. The van der Waals surface area contributed by atoms with Gasteiger partial charge < -0.3 is 0 Å². The van der Waals surface area contributed by atoms with E-state index in [-0.39, 0.29) is 17.0 Å². The zero-order valence-corrected chi connectivity index (χ0v) is 14.4. The molecular weight excluding hydrogens is 305 g/mol. The summed E-state index contributed by atoms with van der Waals surface area (Å²) in [5.41, 5.74) is 0.825. The van der Waals surface area contributed by atoms with E-state index in [0.29, 0.717) is 13.0 Å². The van der Waals surface area contributed by atoms with E-state index < -0.39 is 22.4 Å². The topological polar surface area (TPSA) is 46.6 Å². The lowest BCUT2D eigenvalue weighted by atomic mass is 9.98. The van der Waals surface area contributed by atoms with Crippen molar-refractivity contribution in [3.05, 3.63) is 29.8 Å². The van der Waals surface area contributed by atoms with Gasteiger partial charge in [-0.2, -0.15) is 8.42 Å². The summed E-state index contributed by atoms with van der Waals surface area (Å²) in [5.74, 6) is 0. The molecule has 1 aromatic rings. The molecule has 1 heterocycles. The molecule has 0 spiro atoms. The lowest BCUT2D eigenvalue weighted by Gasteiger charge is -2.41. The van der Waals surface area contributed by atoms with E-state index in [4.69, 9.17) is 4.18 Å². The third kappa shape index (κ3) is 4.06. The second kappa shape index (κ2) is 6.26. The molecule has 2 rings (SSSR count). The Morgan fingerprint density at radius 2 is 1.82 bits per heavy atom. The van der Waals surface area contributed by atoms with Crippen LogP contribution in [0.1, 0.15) is 32.8 Å². The Balaban J connectivity index is 2.06. The Morgan fingerprint density at radius 3 is 2.32 bits per heavy atom. The van der Waals surface area contributed by atoms with Gasteiger partial charge in [0.1, 0.15) is 12.3 Å². The van der Waals surface area contributed by atoms with Gasteiger partial charge >= 0.3 is 0 Å². The van der Waals surface area contributed by atoms with Crippen molar-refractivity contribution < 1.29 is 17.0 Å². The predicted octanol–water partition coefficient (Wildman–Crippen LogP) is 2.91. The van der Waals surface area contributed by atoms with Crippen LogP contribution in [0.3, 0.4) is 0 Å². The quantitative estimate of drug-likeness (QED) is 0.800. The fourth-order valence-corrected chi connectivity index (χ4v) is 3.65. The zero-order chi connectivity index (χ0) is 16.5. The van der Waals surface area contributed by atoms with E-state index in [1.165, 1.54) is 12.1 Å². The Morgan fingerprint density at radius 1 is 1.23 bits per heavy atom. The largest absolute Gasteiger partial charge is 0.297 e. The molecule has 4 nitrogen and oxygen atoms in total. The summed E-state index contributed by atoms with van der Waals surface area (Å²) < 4.78 is 43.9. The van der Waals surface area contributed by atoms with Gasteiger partial charge in [-0.05, 0) is 46.2 Å². The number of alkyl halides is 1. The molecule has 0 amide bonds. The summed E-state index contributed by atoms with van der Waals surface area (Å²) in [6.07, 6.45) is -1.86. The fraction of sp³-hybridized carbons (Fsp3) is 0.625. The van der Waals surface area contributed by atoms with Gasteiger partial charge in [-0.3, -0.25) is 9.08 Å². The molecule has 0 saturated carbocycles. The van der Waals surface area contributed by atoms with Crippen LogP contribution < -0.4 is 0 Å². The van der Waals surface area contributed by atoms with E-state index in [1.807, 2.05) is 32.6 Å². The van der Waals surface area contributed by atoms with Crippen LogP contribution in [0.15, 0.2) is 29.2 Å². The molecule has 0 N–H and O–H groups in total. The number of halogens is 1. The maximum absolute atomic E-state index is 14.3. The zero-order valence-electron chi connectivity index (χ0n) is 13.5. The molecule has 0 aromatic heterocycles. The van der Waals surface area contributed by atoms with Crippen molar-refractivity contribution in [3.8, 4) is 0 Å². The van der Waals surface area contributed by atoms with Gasteiger partial charge in [0.05, 0.1) is 4.90 Å². The van der Waals surface area contributed by atoms with Crippen LogP contribution in [-0.2, 0) is 14.3 Å². The minimum atomic E-state index is -3.92. The van der Waals surface area contributed by atoms with Crippen molar-refractivity contribution in [2.45, 2.75) is 56.8 Å². The van der Waals surface area contributed by atoms with Crippen molar-refractivity contribution in [1.82, 2.24) is 4.90 Å². The number of benzene rings is 1. The maximum Gasteiger partial charge on any atom is 0.297 e. The van der Waals surface area contributed by atoms with Gasteiger partial charge in [-0.1, -0.05) is 17.7 Å². The standard InChI is InChI=1S/C16H24FNO3S/c1-12-5-7-13(8-6-12)22(19,20)21-15-9-10-18(11-14(15)17)16(2,3)4/h5-8,14-15H,9-11H2,1-4H3. The first-order valence-electron chi connectivity index (χ1n) is 7.49. The van der Waals surface area contributed by atoms with Gasteiger partial charge in [0, 0.05) is 18.6 Å². The number of hydrogen-bond acceptors (Lipinski definition) is 4. The molecular formula is C16H24FNO3S. The highest BCUT2D eigenvalue weighted by molar-refractivity contribution is 7.86. The average Bonchev–Trinajstić information content (AvgIpc) is 2.40. The lowest BCUT2D eigenvalue weighted by Crippen LogP contribution is -2.53. The van der Waals surface area contributed by atoms with Crippen molar-refractivity contribution in [2.75, 3.05) is 13.1 Å². The number of hydrogen-bond donors (Lipinski definition) is 0. The summed E-state index contributed by atoms with van der Waals surface area (Å²) in [4.78, 5) is 2.08. The van der Waals surface area contributed by atoms with E-state index in [9.17, 15) is 12.8 Å². The first-order valence-corrected chi connectivity index (χ1v) is 8.89. The van der Waals surface area contributed by atoms with Crippen LogP contribution >= 0.6 is 0 Å². The molecule has 0 aliphatic carbocycles. The van der Waals surface area contributed by atoms with Crippen LogP contribution in [-0.4, -0.2) is 44.2 Å². The first-order chi connectivity index (χ1) is 10.1. The Labute approximate surface area is 132 Å². The normalized spacial score (nSPS) is 24.4. The highest BCUT2D eigenvalue weighted by Crippen LogP contribution is 2.26. The average molecular weight is 329 g/mol. The Hall–Kier alpha value is -0.980. The molecule has 124 valence electrons. The van der Waals surface area contributed by atoms with E-state index in [2.05, 4.69) is 0 Å². The van der Waals surface area contributed by atoms with Gasteiger partial charge in [0.2, 0.25) is 0 Å². The number of nitrogens with zero attached hydrogens (tertiary/aromatic N) is 1. The monoisotopic (exact) mass is 329 g/mol. The fourth-order valence-electron chi connectivity index (χ4n) is 2.52. The van der Waals surface area contributed by atoms with Crippen LogP contribution in [0.25, 0.3) is 0 Å². The third-order valence-corrected chi connectivity index (χ3v) is 5.34. The number of aryl methyl sites for hydroxylation is 1. The molecule has 1 aliphatic rings. The van der Waals surface area contributed by atoms with E-state index in [0.717, 1.165) is 5.56 Å². The maximum atomic E-state index is 14.3. The van der Waals surface area contributed by atoms with Crippen molar-refractivity contribution in [1.29, 1.82) is 0 Å². The molecule has 1 aliphatic heterocycles. The van der Waals surface area contributed by atoms with Crippen LogP contribution in [0.5, 0.6) is 0 Å². The van der Waals surface area contributed by atoms with Gasteiger partial charge in [0.25, 0.3) is 10.1 Å².